The SMILES string of the molecule is Cc1cc([C@H]2CCCN2C(=O)CN2C(=O)NC3(CCCC3)C2=O)no1. The molecule has 0 radical (unpaired) electrons. The number of urea groups is 1. The first-order valence-electron chi connectivity index (χ1n) is 8.87. The Balaban J connectivity index is 1.48. The molecule has 0 aromatic carbocycles. The fraction of sp³-hybridized carbons (Fsp3) is 0.647. The van der Waals surface area contributed by atoms with Crippen LogP contribution >= 0.6 is 0 Å². The van der Waals surface area contributed by atoms with Gasteiger partial charge in [0, 0.05) is 12.6 Å². The first-order chi connectivity index (χ1) is 12.0. The number of nitrogens with one attached hydrogen (secondary N) is 1. The van der Waals surface area contributed by atoms with Gasteiger partial charge in [-0.25, -0.2) is 4.79 Å². The highest BCUT2D eigenvalue weighted by Gasteiger charge is 2.53. The first kappa shape index (κ1) is 16.1. The van der Waals surface area contributed by atoms with Crippen LogP contribution in [0.2, 0.25) is 0 Å². The van der Waals surface area contributed by atoms with Crippen molar-refractivity contribution in [1.29, 1.82) is 0 Å². The molecule has 1 aromatic heterocycles. The van der Waals surface area contributed by atoms with Crippen molar-refractivity contribution >= 4 is 17.8 Å². The average Bonchev–Trinajstić information content (AvgIpc) is 3.33. The molecule has 0 bridgehead atoms. The van der Waals surface area contributed by atoms with Crippen molar-refractivity contribution in [3.8, 4) is 0 Å². The minimum Gasteiger partial charge on any atom is -0.361 e. The Morgan fingerprint density at radius 1 is 1.36 bits per heavy atom. The van der Waals surface area contributed by atoms with Crippen LogP contribution in [-0.4, -0.2) is 51.4 Å². The largest absolute Gasteiger partial charge is 0.361 e. The van der Waals surface area contributed by atoms with E-state index in [2.05, 4.69) is 10.5 Å². The predicted molar refractivity (Wildman–Crippen MR) is 86.4 cm³/mol. The van der Waals surface area contributed by atoms with Crippen molar-refractivity contribution in [2.24, 2.45) is 0 Å². The molecule has 1 spiro atoms. The highest BCUT2D eigenvalue weighted by molar-refractivity contribution is 6.09. The van der Waals surface area contributed by atoms with Crippen LogP contribution in [0.4, 0.5) is 4.79 Å². The van der Waals surface area contributed by atoms with Crippen LogP contribution < -0.4 is 5.32 Å². The molecule has 1 saturated carbocycles. The van der Waals surface area contributed by atoms with Crippen LogP contribution in [0.1, 0.15) is 56.0 Å². The molecule has 3 fully saturated rings. The molecular weight excluding hydrogens is 324 g/mol. The molecule has 3 aliphatic rings. The van der Waals surface area contributed by atoms with Gasteiger partial charge in [0.1, 0.15) is 23.5 Å². The molecule has 0 unspecified atom stereocenters. The summed E-state index contributed by atoms with van der Waals surface area (Å²) in [4.78, 5) is 40.5. The monoisotopic (exact) mass is 346 g/mol. The molecule has 4 rings (SSSR count). The zero-order valence-corrected chi connectivity index (χ0v) is 14.3. The minimum atomic E-state index is -0.773. The van der Waals surface area contributed by atoms with E-state index in [1.807, 2.05) is 13.0 Å². The average molecular weight is 346 g/mol. The van der Waals surface area contributed by atoms with E-state index in [4.69, 9.17) is 4.52 Å². The number of carbonyl (C=O) groups is 3. The van der Waals surface area contributed by atoms with E-state index in [0.29, 0.717) is 25.1 Å². The molecule has 4 amide bonds. The van der Waals surface area contributed by atoms with Gasteiger partial charge < -0.3 is 14.7 Å². The molecule has 8 nitrogen and oxygen atoms in total. The Morgan fingerprint density at radius 3 is 2.80 bits per heavy atom. The molecule has 134 valence electrons. The Hall–Kier alpha value is -2.38. The molecule has 1 aromatic rings. The van der Waals surface area contributed by atoms with Crippen molar-refractivity contribution in [2.75, 3.05) is 13.1 Å². The van der Waals surface area contributed by atoms with Gasteiger partial charge in [-0.1, -0.05) is 18.0 Å². The van der Waals surface area contributed by atoms with Gasteiger partial charge >= 0.3 is 6.03 Å². The molecular formula is C17H22N4O4. The van der Waals surface area contributed by atoms with E-state index in [1.165, 1.54) is 0 Å². The normalized spacial score (nSPS) is 25.2. The number of imide groups is 1. The Labute approximate surface area is 145 Å². The topological polar surface area (TPSA) is 95.8 Å². The summed E-state index contributed by atoms with van der Waals surface area (Å²) in [6.07, 6.45) is 4.84. The van der Waals surface area contributed by atoms with Gasteiger partial charge in [0.05, 0.1) is 6.04 Å². The standard InChI is InChI=1S/C17H22N4O4/c1-11-9-12(19-25-11)13-5-4-8-20(13)14(22)10-21-15(23)17(18-16(21)24)6-2-3-7-17/h9,13H,2-8,10H2,1H3,(H,18,24)/t13-/m1/s1. The summed E-state index contributed by atoms with van der Waals surface area (Å²) >= 11 is 0. The summed E-state index contributed by atoms with van der Waals surface area (Å²) in [6.45, 7) is 2.20. The fourth-order valence-electron chi connectivity index (χ4n) is 4.28. The Kier molecular flexibility index (Phi) is 3.77. The van der Waals surface area contributed by atoms with Crippen LogP contribution in [0.5, 0.6) is 0 Å². The number of hydrogen-bond acceptors (Lipinski definition) is 5. The quantitative estimate of drug-likeness (QED) is 0.837. The van der Waals surface area contributed by atoms with Crippen LogP contribution in [0, 0.1) is 6.92 Å². The lowest BCUT2D eigenvalue weighted by atomic mass is 9.98. The number of carbonyl (C=O) groups excluding carboxylic acids is 3. The maximum absolute atomic E-state index is 12.8. The third-order valence-electron chi connectivity index (χ3n) is 5.56. The molecule has 25 heavy (non-hydrogen) atoms. The summed E-state index contributed by atoms with van der Waals surface area (Å²) < 4.78 is 5.12. The summed E-state index contributed by atoms with van der Waals surface area (Å²) in [7, 11) is 0. The van der Waals surface area contributed by atoms with Crippen molar-refractivity contribution < 1.29 is 18.9 Å². The molecule has 2 aliphatic heterocycles. The molecule has 1 aliphatic carbocycles. The first-order valence-corrected chi connectivity index (χ1v) is 8.87. The third kappa shape index (κ3) is 2.60. The van der Waals surface area contributed by atoms with Crippen molar-refractivity contribution in [2.45, 2.75) is 57.0 Å². The van der Waals surface area contributed by atoms with Crippen molar-refractivity contribution in [3.63, 3.8) is 0 Å². The van der Waals surface area contributed by atoms with Crippen LogP contribution in [0.3, 0.4) is 0 Å². The summed E-state index contributed by atoms with van der Waals surface area (Å²) in [6, 6.07) is 1.23. The summed E-state index contributed by atoms with van der Waals surface area (Å²) in [5.41, 5.74) is -0.0434. The van der Waals surface area contributed by atoms with Gasteiger partial charge in [0.25, 0.3) is 5.91 Å². The van der Waals surface area contributed by atoms with E-state index in [9.17, 15) is 14.4 Å². The minimum absolute atomic E-state index is 0.147. The number of aromatic nitrogens is 1. The van der Waals surface area contributed by atoms with E-state index in [0.717, 1.165) is 36.3 Å². The highest BCUT2D eigenvalue weighted by Crippen LogP contribution is 2.36. The van der Waals surface area contributed by atoms with Crippen LogP contribution in [-0.2, 0) is 9.59 Å². The molecule has 1 N–H and O–H groups in total. The van der Waals surface area contributed by atoms with Gasteiger partial charge in [0.2, 0.25) is 5.91 Å². The number of likely N-dealkylation sites (tertiary alicyclic amines) is 1. The lowest BCUT2D eigenvalue weighted by Crippen LogP contribution is -2.46. The fourth-order valence-corrected chi connectivity index (χ4v) is 4.28. The van der Waals surface area contributed by atoms with Gasteiger partial charge in [0.15, 0.2) is 0 Å². The second kappa shape index (κ2) is 5.86. The zero-order chi connectivity index (χ0) is 17.6. The summed E-state index contributed by atoms with van der Waals surface area (Å²) in [5.74, 6) is 0.227. The second-order valence-electron chi connectivity index (χ2n) is 7.22. The lowest BCUT2D eigenvalue weighted by molar-refractivity contribution is -0.139. The Bertz CT molecular complexity index is 722. The second-order valence-corrected chi connectivity index (χ2v) is 7.22. The van der Waals surface area contributed by atoms with Gasteiger partial charge in [-0.3, -0.25) is 14.5 Å². The molecule has 2 saturated heterocycles. The maximum Gasteiger partial charge on any atom is 0.325 e. The third-order valence-corrected chi connectivity index (χ3v) is 5.56. The molecule has 3 heterocycles. The number of aryl methyl sites for hydroxylation is 1. The van der Waals surface area contributed by atoms with E-state index in [1.54, 1.807) is 4.90 Å². The maximum atomic E-state index is 12.8. The smallest absolute Gasteiger partial charge is 0.325 e. The van der Waals surface area contributed by atoms with Gasteiger partial charge in [-0.15, -0.1) is 0 Å². The van der Waals surface area contributed by atoms with Gasteiger partial charge in [-0.2, -0.15) is 0 Å². The van der Waals surface area contributed by atoms with E-state index in [-0.39, 0.29) is 24.4 Å². The predicted octanol–water partition coefficient (Wildman–Crippen LogP) is 1.51. The number of rotatable bonds is 3. The van der Waals surface area contributed by atoms with Crippen molar-refractivity contribution in [1.82, 2.24) is 20.3 Å². The van der Waals surface area contributed by atoms with Crippen molar-refractivity contribution in [3.05, 3.63) is 17.5 Å². The Morgan fingerprint density at radius 2 is 2.12 bits per heavy atom. The van der Waals surface area contributed by atoms with E-state index >= 15 is 0 Å². The zero-order valence-electron chi connectivity index (χ0n) is 14.3. The highest BCUT2D eigenvalue weighted by atomic mass is 16.5. The summed E-state index contributed by atoms with van der Waals surface area (Å²) in [5, 5.41) is 6.83. The van der Waals surface area contributed by atoms with Crippen LogP contribution in [0.15, 0.2) is 10.6 Å². The van der Waals surface area contributed by atoms with Crippen LogP contribution in [0.25, 0.3) is 0 Å². The molecule has 1 atom stereocenters. The van der Waals surface area contributed by atoms with Gasteiger partial charge in [-0.05, 0) is 32.6 Å². The lowest BCUT2D eigenvalue weighted by Gasteiger charge is -2.25. The number of amides is 4. The number of hydrogen-bond donors (Lipinski definition) is 1. The number of nitrogens with zero attached hydrogens (tertiary/aromatic N) is 3. The molecule has 8 heteroatoms. The van der Waals surface area contributed by atoms with E-state index < -0.39 is 11.6 Å².